The SMILES string of the molecule is C=CCOC(=O)N[C@@H](CCCNC(=O)OC(C)(C)C)C(=O)O. The highest BCUT2D eigenvalue weighted by molar-refractivity contribution is 5.79. The number of rotatable bonds is 8. The number of nitrogens with one attached hydrogen (secondary N) is 2. The Labute approximate surface area is 129 Å². The molecule has 3 N–H and O–H groups in total. The lowest BCUT2D eigenvalue weighted by Gasteiger charge is -2.20. The van der Waals surface area contributed by atoms with Crippen molar-refractivity contribution in [3.8, 4) is 0 Å². The van der Waals surface area contributed by atoms with Crippen LogP contribution in [0.5, 0.6) is 0 Å². The molecule has 0 heterocycles. The van der Waals surface area contributed by atoms with Gasteiger partial charge < -0.3 is 25.2 Å². The molecule has 2 amide bonds. The van der Waals surface area contributed by atoms with Crippen LogP contribution in [-0.4, -0.2) is 48.1 Å². The van der Waals surface area contributed by atoms with Gasteiger partial charge in [-0.25, -0.2) is 14.4 Å². The van der Waals surface area contributed by atoms with Crippen molar-refractivity contribution < 1.29 is 29.0 Å². The van der Waals surface area contributed by atoms with E-state index in [1.54, 1.807) is 20.8 Å². The molecular formula is C14H24N2O6. The van der Waals surface area contributed by atoms with Gasteiger partial charge in [0, 0.05) is 6.54 Å². The van der Waals surface area contributed by atoms with Crippen molar-refractivity contribution in [2.45, 2.75) is 45.3 Å². The number of carboxylic acid groups (broad SMARTS) is 1. The fraction of sp³-hybridized carbons (Fsp3) is 0.643. The van der Waals surface area contributed by atoms with E-state index >= 15 is 0 Å². The summed E-state index contributed by atoms with van der Waals surface area (Å²) in [6.45, 7) is 8.84. The predicted octanol–water partition coefficient (Wildman–Crippen LogP) is 1.66. The average molecular weight is 316 g/mol. The van der Waals surface area contributed by atoms with Crippen LogP contribution in [0.2, 0.25) is 0 Å². The van der Waals surface area contributed by atoms with E-state index in [4.69, 9.17) is 9.84 Å². The van der Waals surface area contributed by atoms with Gasteiger partial charge in [-0.05, 0) is 33.6 Å². The second-order valence-corrected chi connectivity index (χ2v) is 5.49. The van der Waals surface area contributed by atoms with Crippen LogP contribution in [0.25, 0.3) is 0 Å². The fourth-order valence-corrected chi connectivity index (χ4v) is 1.39. The van der Waals surface area contributed by atoms with Crippen molar-refractivity contribution in [1.82, 2.24) is 10.6 Å². The van der Waals surface area contributed by atoms with Gasteiger partial charge in [0.05, 0.1) is 0 Å². The molecule has 0 saturated carbocycles. The molecule has 0 spiro atoms. The highest BCUT2D eigenvalue weighted by Crippen LogP contribution is 2.06. The first-order valence-electron chi connectivity index (χ1n) is 6.89. The largest absolute Gasteiger partial charge is 0.480 e. The van der Waals surface area contributed by atoms with Crippen molar-refractivity contribution in [3.05, 3.63) is 12.7 Å². The first kappa shape index (κ1) is 19.8. The van der Waals surface area contributed by atoms with Crippen LogP contribution < -0.4 is 10.6 Å². The molecule has 22 heavy (non-hydrogen) atoms. The summed E-state index contributed by atoms with van der Waals surface area (Å²) in [7, 11) is 0. The number of carbonyl (C=O) groups excluding carboxylic acids is 2. The summed E-state index contributed by atoms with van der Waals surface area (Å²) in [5.74, 6) is -1.17. The van der Waals surface area contributed by atoms with Gasteiger partial charge in [-0.2, -0.15) is 0 Å². The maximum Gasteiger partial charge on any atom is 0.408 e. The second kappa shape index (κ2) is 9.64. The molecule has 8 nitrogen and oxygen atoms in total. The molecule has 0 aliphatic rings. The minimum Gasteiger partial charge on any atom is -0.480 e. The van der Waals surface area contributed by atoms with E-state index in [0.717, 1.165) is 0 Å². The molecule has 0 radical (unpaired) electrons. The number of hydrogen-bond donors (Lipinski definition) is 3. The van der Waals surface area contributed by atoms with Gasteiger partial charge in [-0.3, -0.25) is 0 Å². The van der Waals surface area contributed by atoms with E-state index in [-0.39, 0.29) is 19.6 Å². The van der Waals surface area contributed by atoms with Crippen LogP contribution in [0.4, 0.5) is 9.59 Å². The number of carbonyl (C=O) groups is 3. The molecule has 0 unspecified atom stereocenters. The summed E-state index contributed by atoms with van der Waals surface area (Å²) in [6, 6.07) is -1.09. The van der Waals surface area contributed by atoms with Gasteiger partial charge in [0.25, 0.3) is 0 Å². The first-order valence-corrected chi connectivity index (χ1v) is 6.89. The molecule has 0 saturated heterocycles. The van der Waals surface area contributed by atoms with Gasteiger partial charge in [0.1, 0.15) is 18.2 Å². The number of aliphatic carboxylic acids is 1. The van der Waals surface area contributed by atoms with Crippen molar-refractivity contribution in [2.75, 3.05) is 13.2 Å². The highest BCUT2D eigenvalue weighted by Gasteiger charge is 2.20. The molecule has 0 fully saturated rings. The van der Waals surface area contributed by atoms with Gasteiger partial charge in [-0.1, -0.05) is 12.7 Å². The monoisotopic (exact) mass is 316 g/mol. The summed E-state index contributed by atoms with van der Waals surface area (Å²) in [5.41, 5.74) is -0.593. The Bertz CT molecular complexity index is 403. The lowest BCUT2D eigenvalue weighted by atomic mass is 10.1. The summed E-state index contributed by atoms with van der Waals surface area (Å²) in [6.07, 6.45) is 0.483. The zero-order valence-electron chi connectivity index (χ0n) is 13.2. The summed E-state index contributed by atoms with van der Waals surface area (Å²) < 4.78 is 9.69. The Balaban J connectivity index is 4.06. The average Bonchev–Trinajstić information content (AvgIpc) is 2.37. The van der Waals surface area contributed by atoms with Crippen molar-refractivity contribution in [2.24, 2.45) is 0 Å². The summed E-state index contributed by atoms with van der Waals surface area (Å²) in [4.78, 5) is 33.7. The van der Waals surface area contributed by atoms with E-state index in [9.17, 15) is 14.4 Å². The van der Waals surface area contributed by atoms with Gasteiger partial charge >= 0.3 is 18.2 Å². The van der Waals surface area contributed by atoms with Crippen LogP contribution in [0.15, 0.2) is 12.7 Å². The van der Waals surface area contributed by atoms with E-state index in [1.807, 2.05) is 0 Å². The molecule has 1 atom stereocenters. The molecule has 0 aromatic carbocycles. The summed E-state index contributed by atoms with van der Waals surface area (Å²) in [5, 5.41) is 13.7. The van der Waals surface area contributed by atoms with E-state index in [0.29, 0.717) is 6.42 Å². The highest BCUT2D eigenvalue weighted by atomic mass is 16.6. The van der Waals surface area contributed by atoms with Gasteiger partial charge in [-0.15, -0.1) is 0 Å². The number of hydrogen-bond acceptors (Lipinski definition) is 5. The smallest absolute Gasteiger partial charge is 0.408 e. The van der Waals surface area contributed by atoms with Crippen molar-refractivity contribution in [3.63, 3.8) is 0 Å². The predicted molar refractivity (Wildman–Crippen MR) is 79.6 cm³/mol. The minimum absolute atomic E-state index is 0.00162. The molecule has 0 bridgehead atoms. The number of alkyl carbamates (subject to hydrolysis) is 2. The van der Waals surface area contributed by atoms with E-state index in [1.165, 1.54) is 6.08 Å². The third kappa shape index (κ3) is 10.5. The van der Waals surface area contributed by atoms with Crippen LogP contribution in [0.1, 0.15) is 33.6 Å². The zero-order valence-corrected chi connectivity index (χ0v) is 13.2. The Kier molecular flexibility index (Phi) is 8.66. The Morgan fingerprint density at radius 1 is 1.27 bits per heavy atom. The van der Waals surface area contributed by atoms with Crippen molar-refractivity contribution in [1.29, 1.82) is 0 Å². The topological polar surface area (TPSA) is 114 Å². The lowest BCUT2D eigenvalue weighted by molar-refractivity contribution is -0.139. The van der Waals surface area contributed by atoms with Crippen LogP contribution in [-0.2, 0) is 14.3 Å². The molecule has 0 aromatic rings. The Hall–Kier alpha value is -2.25. The summed E-state index contributed by atoms with van der Waals surface area (Å²) >= 11 is 0. The Morgan fingerprint density at radius 2 is 1.91 bits per heavy atom. The maximum absolute atomic E-state index is 11.4. The lowest BCUT2D eigenvalue weighted by Crippen LogP contribution is -2.41. The normalized spacial score (nSPS) is 12.0. The standard InChI is InChI=1S/C14H24N2O6/c1-5-9-21-13(20)16-10(11(17)18)7-6-8-15-12(19)22-14(2,3)4/h5,10H,1,6-9H2,2-4H3,(H,15,19)(H,16,20)(H,17,18)/t10-/m0/s1. The molecule has 0 aliphatic heterocycles. The first-order chi connectivity index (χ1) is 10.2. The number of ether oxygens (including phenoxy) is 2. The molecular weight excluding hydrogens is 292 g/mol. The van der Waals surface area contributed by atoms with E-state index in [2.05, 4.69) is 21.9 Å². The molecule has 0 aliphatic carbocycles. The number of amides is 2. The van der Waals surface area contributed by atoms with E-state index < -0.39 is 29.8 Å². The van der Waals surface area contributed by atoms with Crippen LogP contribution in [0.3, 0.4) is 0 Å². The number of carboxylic acids is 1. The second-order valence-electron chi connectivity index (χ2n) is 5.49. The Morgan fingerprint density at radius 3 is 2.41 bits per heavy atom. The molecule has 0 aromatic heterocycles. The van der Waals surface area contributed by atoms with Gasteiger partial charge in [0.2, 0.25) is 0 Å². The molecule has 8 heteroatoms. The quantitative estimate of drug-likeness (QED) is 0.463. The van der Waals surface area contributed by atoms with Gasteiger partial charge in [0.15, 0.2) is 0 Å². The minimum atomic E-state index is -1.17. The molecule has 0 rings (SSSR count). The zero-order chi connectivity index (χ0) is 17.2. The van der Waals surface area contributed by atoms with Crippen LogP contribution in [0, 0.1) is 0 Å². The fourth-order valence-electron chi connectivity index (χ4n) is 1.39. The molecule has 126 valence electrons. The van der Waals surface area contributed by atoms with Crippen LogP contribution >= 0.6 is 0 Å². The third-order valence-corrected chi connectivity index (χ3v) is 2.26. The van der Waals surface area contributed by atoms with Crippen molar-refractivity contribution >= 4 is 18.2 Å². The maximum atomic E-state index is 11.4. The third-order valence-electron chi connectivity index (χ3n) is 2.26.